The van der Waals surface area contributed by atoms with Gasteiger partial charge in [0.2, 0.25) is 0 Å². The molecule has 0 N–H and O–H groups in total. The Morgan fingerprint density at radius 3 is 2.93 bits per heavy atom. The molecule has 14 heavy (non-hydrogen) atoms. The zero-order valence-corrected chi connectivity index (χ0v) is 10.6. The summed E-state index contributed by atoms with van der Waals surface area (Å²) in [5, 5.41) is 0. The van der Waals surface area contributed by atoms with Crippen LogP contribution >= 0.6 is 27.3 Å². The van der Waals surface area contributed by atoms with Crippen LogP contribution in [0.3, 0.4) is 0 Å². The van der Waals surface area contributed by atoms with Gasteiger partial charge in [-0.15, -0.1) is 11.3 Å². The summed E-state index contributed by atoms with van der Waals surface area (Å²) in [6.45, 7) is 2.11. The number of ketones is 1. The van der Waals surface area contributed by atoms with Crippen LogP contribution in [0.25, 0.3) is 0 Å². The normalized spacial score (nSPS) is 22.7. The van der Waals surface area contributed by atoms with Crippen molar-refractivity contribution < 1.29 is 4.79 Å². The number of carbonyl (C=O) groups is 1. The maximum absolute atomic E-state index is 11.3. The fraction of sp³-hybridized carbons (Fsp3) is 0.545. The van der Waals surface area contributed by atoms with E-state index in [-0.39, 0.29) is 0 Å². The minimum Gasteiger partial charge on any atom is -0.300 e. The number of halogens is 1. The van der Waals surface area contributed by atoms with Crippen molar-refractivity contribution in [2.24, 2.45) is 0 Å². The molecule has 0 aliphatic heterocycles. The highest BCUT2D eigenvalue weighted by Gasteiger charge is 2.22. The molecule has 1 atom stereocenters. The Morgan fingerprint density at radius 1 is 1.57 bits per heavy atom. The summed E-state index contributed by atoms with van der Waals surface area (Å²) in [5.74, 6) is 0.926. The molecule has 1 unspecified atom stereocenters. The summed E-state index contributed by atoms with van der Waals surface area (Å²) in [7, 11) is 0. The highest BCUT2D eigenvalue weighted by molar-refractivity contribution is 9.11. The Balaban J connectivity index is 2.17. The predicted molar refractivity (Wildman–Crippen MR) is 63.0 cm³/mol. The molecule has 1 heterocycles. The molecule has 0 amide bonds. The number of thiophene rings is 1. The van der Waals surface area contributed by atoms with E-state index in [0.29, 0.717) is 11.7 Å². The van der Waals surface area contributed by atoms with Gasteiger partial charge in [0.05, 0.1) is 3.79 Å². The Labute approximate surface area is 96.6 Å². The van der Waals surface area contributed by atoms with Crippen molar-refractivity contribution in [3.8, 4) is 0 Å². The second-order valence-electron chi connectivity index (χ2n) is 3.94. The number of rotatable bonds is 1. The number of carbonyl (C=O) groups excluding carboxylic acids is 1. The summed E-state index contributed by atoms with van der Waals surface area (Å²) in [4.78, 5) is 12.7. The number of hydrogen-bond acceptors (Lipinski definition) is 2. The van der Waals surface area contributed by atoms with Crippen LogP contribution in [0.15, 0.2) is 9.85 Å². The molecule has 1 saturated carbocycles. The molecule has 3 heteroatoms. The van der Waals surface area contributed by atoms with Crippen molar-refractivity contribution in [3.05, 3.63) is 20.3 Å². The molecule has 76 valence electrons. The largest absolute Gasteiger partial charge is 0.300 e. The lowest BCUT2D eigenvalue weighted by Crippen LogP contribution is -2.12. The van der Waals surface area contributed by atoms with E-state index < -0.39 is 0 Å². The van der Waals surface area contributed by atoms with Crippen molar-refractivity contribution in [2.75, 3.05) is 0 Å². The van der Waals surface area contributed by atoms with Gasteiger partial charge >= 0.3 is 0 Å². The fourth-order valence-corrected chi connectivity index (χ4v) is 3.66. The van der Waals surface area contributed by atoms with Gasteiger partial charge < -0.3 is 0 Å². The summed E-state index contributed by atoms with van der Waals surface area (Å²) in [6, 6.07) is 2.22. The highest BCUT2D eigenvalue weighted by atomic mass is 79.9. The van der Waals surface area contributed by atoms with E-state index in [1.54, 1.807) is 11.3 Å². The molecule has 0 bridgehead atoms. The third-order valence-electron chi connectivity index (χ3n) is 2.76. The topological polar surface area (TPSA) is 17.1 Å². The first kappa shape index (κ1) is 10.4. The molecule has 0 radical (unpaired) electrons. The Bertz CT molecular complexity index is 337. The van der Waals surface area contributed by atoms with Gasteiger partial charge in [-0.25, -0.2) is 0 Å². The van der Waals surface area contributed by atoms with Crippen molar-refractivity contribution in [1.82, 2.24) is 0 Å². The summed E-state index contributed by atoms with van der Waals surface area (Å²) in [5.41, 5.74) is 1.29. The minimum absolute atomic E-state index is 0.434. The quantitative estimate of drug-likeness (QED) is 0.754. The molecule has 1 fully saturated rings. The highest BCUT2D eigenvalue weighted by Crippen LogP contribution is 2.38. The second kappa shape index (κ2) is 4.15. The molecule has 0 saturated heterocycles. The second-order valence-corrected chi connectivity index (χ2v) is 6.34. The minimum atomic E-state index is 0.434. The van der Waals surface area contributed by atoms with Crippen LogP contribution in [-0.2, 0) is 4.79 Å². The van der Waals surface area contributed by atoms with Crippen molar-refractivity contribution in [3.63, 3.8) is 0 Å². The van der Waals surface area contributed by atoms with Crippen LogP contribution in [0.5, 0.6) is 0 Å². The van der Waals surface area contributed by atoms with E-state index in [1.807, 2.05) is 0 Å². The molecular formula is C11H13BrOS. The predicted octanol–water partition coefficient (Wildman–Crippen LogP) is 4.05. The molecule has 2 rings (SSSR count). The first-order valence-electron chi connectivity index (χ1n) is 4.94. The van der Waals surface area contributed by atoms with E-state index in [9.17, 15) is 4.79 Å². The molecule has 1 aliphatic carbocycles. The standard InChI is InChI=1S/C11H13BrOS/c1-7-5-10(14-11(7)12)8-3-2-4-9(13)6-8/h5,8H,2-4,6H2,1H3. The van der Waals surface area contributed by atoms with Gasteiger partial charge in [0, 0.05) is 23.6 Å². The maximum Gasteiger partial charge on any atom is 0.133 e. The SMILES string of the molecule is Cc1cc(C2CCCC(=O)C2)sc1Br. The van der Waals surface area contributed by atoms with E-state index in [4.69, 9.17) is 0 Å². The third kappa shape index (κ3) is 2.09. The lowest BCUT2D eigenvalue weighted by atomic mass is 9.87. The summed E-state index contributed by atoms with van der Waals surface area (Å²) < 4.78 is 1.21. The lowest BCUT2D eigenvalue weighted by Gasteiger charge is -2.19. The average molecular weight is 273 g/mol. The maximum atomic E-state index is 11.3. The van der Waals surface area contributed by atoms with Crippen molar-refractivity contribution in [1.29, 1.82) is 0 Å². The number of hydrogen-bond donors (Lipinski definition) is 0. The number of aryl methyl sites for hydroxylation is 1. The van der Waals surface area contributed by atoms with Gasteiger partial charge in [-0.2, -0.15) is 0 Å². The molecule has 0 aromatic carbocycles. The summed E-state index contributed by atoms with van der Waals surface area (Å²) in [6.07, 6.45) is 3.80. The zero-order chi connectivity index (χ0) is 10.1. The van der Waals surface area contributed by atoms with Crippen LogP contribution in [0, 0.1) is 6.92 Å². The van der Waals surface area contributed by atoms with E-state index in [2.05, 4.69) is 28.9 Å². The molecular weight excluding hydrogens is 260 g/mol. The van der Waals surface area contributed by atoms with Gasteiger partial charge in [-0.3, -0.25) is 4.79 Å². The molecule has 1 aliphatic rings. The monoisotopic (exact) mass is 272 g/mol. The molecule has 1 nitrogen and oxygen atoms in total. The fourth-order valence-electron chi connectivity index (χ4n) is 1.95. The first-order chi connectivity index (χ1) is 6.66. The Hall–Kier alpha value is -0.150. The third-order valence-corrected chi connectivity index (χ3v) is 5.06. The Kier molecular flexibility index (Phi) is 3.07. The van der Waals surface area contributed by atoms with Crippen LogP contribution in [0.1, 0.15) is 42.0 Å². The first-order valence-corrected chi connectivity index (χ1v) is 6.55. The van der Waals surface area contributed by atoms with E-state index in [1.165, 1.54) is 20.6 Å². The Morgan fingerprint density at radius 2 is 2.36 bits per heavy atom. The van der Waals surface area contributed by atoms with Gasteiger partial charge in [-0.05, 0) is 47.3 Å². The van der Waals surface area contributed by atoms with Gasteiger partial charge in [-0.1, -0.05) is 0 Å². The average Bonchev–Trinajstić information content (AvgIpc) is 2.47. The lowest BCUT2D eigenvalue weighted by molar-refractivity contribution is -0.120. The van der Waals surface area contributed by atoms with Crippen LogP contribution < -0.4 is 0 Å². The van der Waals surface area contributed by atoms with Crippen LogP contribution in [-0.4, -0.2) is 5.78 Å². The van der Waals surface area contributed by atoms with Crippen molar-refractivity contribution >= 4 is 33.0 Å². The van der Waals surface area contributed by atoms with E-state index in [0.717, 1.165) is 19.3 Å². The summed E-state index contributed by atoms with van der Waals surface area (Å²) >= 11 is 5.32. The molecule has 1 aromatic heterocycles. The zero-order valence-electron chi connectivity index (χ0n) is 8.18. The molecule has 1 aromatic rings. The van der Waals surface area contributed by atoms with Crippen molar-refractivity contribution in [2.45, 2.75) is 38.5 Å². The number of Topliss-reactive ketones (excluding diaryl/α,β-unsaturated/α-hetero) is 1. The van der Waals surface area contributed by atoms with Crippen LogP contribution in [0.2, 0.25) is 0 Å². The van der Waals surface area contributed by atoms with E-state index >= 15 is 0 Å². The van der Waals surface area contributed by atoms with Gasteiger partial charge in [0.25, 0.3) is 0 Å². The molecule has 0 spiro atoms. The smallest absolute Gasteiger partial charge is 0.133 e. The van der Waals surface area contributed by atoms with Gasteiger partial charge in [0.1, 0.15) is 5.78 Å². The van der Waals surface area contributed by atoms with Gasteiger partial charge in [0.15, 0.2) is 0 Å². The van der Waals surface area contributed by atoms with Crippen LogP contribution in [0.4, 0.5) is 0 Å².